The highest BCUT2D eigenvalue weighted by Crippen LogP contribution is 2.33. The minimum atomic E-state index is -3.59. The monoisotopic (exact) mass is 310 g/mol. The second-order valence-corrected chi connectivity index (χ2v) is 6.36. The lowest BCUT2D eigenvalue weighted by molar-refractivity contribution is 0.174. The minimum Gasteiger partial charge on any atom is -0.454 e. The van der Waals surface area contributed by atoms with Gasteiger partial charge in [-0.05, 0) is 19.1 Å². The summed E-state index contributed by atoms with van der Waals surface area (Å²) in [5.41, 5.74) is 0.709. The summed E-state index contributed by atoms with van der Waals surface area (Å²) in [4.78, 5) is 0.142. The molecule has 1 aliphatic heterocycles. The van der Waals surface area contributed by atoms with Gasteiger partial charge in [0.25, 0.3) is 0 Å². The van der Waals surface area contributed by atoms with Gasteiger partial charge in [-0.1, -0.05) is 5.16 Å². The van der Waals surface area contributed by atoms with Crippen LogP contribution in [0.25, 0.3) is 0 Å². The van der Waals surface area contributed by atoms with Crippen LogP contribution in [0.5, 0.6) is 11.5 Å². The van der Waals surface area contributed by atoms with Gasteiger partial charge in [-0.15, -0.1) is 0 Å². The van der Waals surface area contributed by atoms with Crippen molar-refractivity contribution in [3.63, 3.8) is 0 Å². The summed E-state index contributed by atoms with van der Waals surface area (Å²) < 4.78 is 42.1. The highest BCUT2D eigenvalue weighted by atomic mass is 32.2. The number of rotatable bonds is 5. The standard InChI is InChI=1S/C13H14N2O5S/c1-9-6-10(15-20-9)4-5-14-21(16,17)11-2-3-12-13(7-11)19-8-18-12/h2-3,6-7,14H,4-5,8H2,1H3. The van der Waals surface area contributed by atoms with Crippen molar-refractivity contribution < 1.29 is 22.4 Å². The van der Waals surface area contributed by atoms with Crippen LogP contribution in [0.4, 0.5) is 0 Å². The molecule has 21 heavy (non-hydrogen) atoms. The Bertz CT molecular complexity index is 754. The lowest BCUT2D eigenvalue weighted by atomic mass is 10.3. The Hall–Kier alpha value is -2.06. The summed E-state index contributed by atoms with van der Waals surface area (Å²) in [6.45, 7) is 2.13. The van der Waals surface area contributed by atoms with E-state index in [1.165, 1.54) is 12.1 Å². The van der Waals surface area contributed by atoms with Crippen molar-refractivity contribution in [1.29, 1.82) is 0 Å². The smallest absolute Gasteiger partial charge is 0.240 e. The quantitative estimate of drug-likeness (QED) is 0.893. The maximum atomic E-state index is 12.2. The fourth-order valence-electron chi connectivity index (χ4n) is 1.98. The van der Waals surface area contributed by atoms with E-state index in [4.69, 9.17) is 14.0 Å². The van der Waals surface area contributed by atoms with Crippen LogP contribution in [0, 0.1) is 6.92 Å². The van der Waals surface area contributed by atoms with Crippen molar-refractivity contribution in [1.82, 2.24) is 9.88 Å². The molecule has 0 aliphatic carbocycles. The van der Waals surface area contributed by atoms with Crippen molar-refractivity contribution >= 4 is 10.0 Å². The van der Waals surface area contributed by atoms with E-state index in [0.29, 0.717) is 29.4 Å². The summed E-state index contributed by atoms with van der Waals surface area (Å²) in [5.74, 6) is 1.68. The van der Waals surface area contributed by atoms with E-state index in [1.807, 2.05) is 0 Å². The molecule has 1 N–H and O–H groups in total. The Kier molecular flexibility index (Phi) is 3.56. The maximum Gasteiger partial charge on any atom is 0.240 e. The summed E-state index contributed by atoms with van der Waals surface area (Å²) in [7, 11) is -3.59. The topological polar surface area (TPSA) is 90.7 Å². The van der Waals surface area contributed by atoms with Crippen LogP contribution in [0.2, 0.25) is 0 Å². The molecule has 0 bridgehead atoms. The van der Waals surface area contributed by atoms with E-state index >= 15 is 0 Å². The second kappa shape index (κ2) is 5.38. The van der Waals surface area contributed by atoms with Gasteiger partial charge in [-0.25, -0.2) is 13.1 Å². The van der Waals surface area contributed by atoms with Crippen molar-refractivity contribution in [2.45, 2.75) is 18.2 Å². The third kappa shape index (κ3) is 3.01. The van der Waals surface area contributed by atoms with Crippen molar-refractivity contribution in [2.75, 3.05) is 13.3 Å². The van der Waals surface area contributed by atoms with Crippen molar-refractivity contribution in [3.8, 4) is 11.5 Å². The van der Waals surface area contributed by atoms with E-state index in [1.54, 1.807) is 19.1 Å². The maximum absolute atomic E-state index is 12.2. The fourth-order valence-corrected chi connectivity index (χ4v) is 3.02. The van der Waals surface area contributed by atoms with Gasteiger partial charge in [0.2, 0.25) is 16.8 Å². The Balaban J connectivity index is 1.66. The van der Waals surface area contributed by atoms with Gasteiger partial charge in [0.1, 0.15) is 5.76 Å². The molecule has 0 unspecified atom stereocenters. The highest BCUT2D eigenvalue weighted by Gasteiger charge is 2.20. The number of nitrogens with one attached hydrogen (secondary N) is 1. The van der Waals surface area contributed by atoms with Gasteiger partial charge in [-0.3, -0.25) is 0 Å². The molecule has 0 spiro atoms. The molecule has 0 atom stereocenters. The van der Waals surface area contributed by atoms with Crippen LogP contribution >= 0.6 is 0 Å². The molecule has 0 saturated carbocycles. The van der Waals surface area contributed by atoms with Gasteiger partial charge in [-0.2, -0.15) is 0 Å². The lowest BCUT2D eigenvalue weighted by Crippen LogP contribution is -2.26. The number of benzene rings is 1. The molecule has 1 aromatic carbocycles. The minimum absolute atomic E-state index is 0.109. The zero-order chi connectivity index (χ0) is 14.9. The predicted octanol–water partition coefficient (Wildman–Crippen LogP) is 1.23. The molecule has 0 radical (unpaired) electrons. The average molecular weight is 310 g/mol. The summed E-state index contributed by atoms with van der Waals surface area (Å²) >= 11 is 0. The molecule has 0 saturated heterocycles. The number of ether oxygens (including phenoxy) is 2. The summed E-state index contributed by atoms with van der Waals surface area (Å²) in [5, 5.41) is 3.81. The van der Waals surface area contributed by atoms with E-state index in [9.17, 15) is 8.42 Å². The molecule has 2 aromatic rings. The first-order valence-corrected chi connectivity index (χ1v) is 7.84. The number of hydrogen-bond donors (Lipinski definition) is 1. The van der Waals surface area contributed by atoms with Gasteiger partial charge < -0.3 is 14.0 Å². The molecular formula is C13H14N2O5S. The molecule has 3 rings (SSSR count). The van der Waals surface area contributed by atoms with E-state index in [0.717, 1.165) is 0 Å². The second-order valence-electron chi connectivity index (χ2n) is 4.59. The normalized spacial score (nSPS) is 13.6. The Morgan fingerprint density at radius 1 is 1.24 bits per heavy atom. The van der Waals surface area contributed by atoms with Crippen LogP contribution in [-0.2, 0) is 16.4 Å². The van der Waals surface area contributed by atoms with Crippen LogP contribution in [0.15, 0.2) is 33.7 Å². The third-order valence-electron chi connectivity index (χ3n) is 3.00. The van der Waals surface area contributed by atoms with Gasteiger partial charge >= 0.3 is 0 Å². The van der Waals surface area contributed by atoms with E-state index in [2.05, 4.69) is 9.88 Å². The fraction of sp³-hybridized carbons (Fsp3) is 0.308. The average Bonchev–Trinajstić information content (AvgIpc) is 3.06. The zero-order valence-corrected chi connectivity index (χ0v) is 12.1. The van der Waals surface area contributed by atoms with Crippen molar-refractivity contribution in [3.05, 3.63) is 35.7 Å². The lowest BCUT2D eigenvalue weighted by Gasteiger charge is -2.06. The first-order chi connectivity index (χ1) is 10.0. The summed E-state index contributed by atoms with van der Waals surface area (Å²) in [6.07, 6.45) is 0.459. The summed E-state index contributed by atoms with van der Waals surface area (Å²) in [6, 6.07) is 6.29. The number of aromatic nitrogens is 1. The largest absolute Gasteiger partial charge is 0.454 e. The van der Waals surface area contributed by atoms with Crippen LogP contribution in [-0.4, -0.2) is 26.9 Å². The first-order valence-electron chi connectivity index (χ1n) is 6.36. The van der Waals surface area contributed by atoms with E-state index < -0.39 is 10.0 Å². The molecule has 1 aliphatic rings. The van der Waals surface area contributed by atoms with Crippen molar-refractivity contribution in [2.24, 2.45) is 0 Å². The first kappa shape index (κ1) is 13.9. The number of nitrogens with zero attached hydrogens (tertiary/aromatic N) is 1. The van der Waals surface area contributed by atoms with Gasteiger partial charge in [0, 0.05) is 25.1 Å². The number of fused-ring (bicyclic) bond motifs is 1. The number of sulfonamides is 1. The predicted molar refractivity (Wildman–Crippen MR) is 72.7 cm³/mol. The molecule has 0 fully saturated rings. The van der Waals surface area contributed by atoms with Crippen LogP contribution < -0.4 is 14.2 Å². The molecule has 112 valence electrons. The molecule has 1 aromatic heterocycles. The molecule has 2 heterocycles. The van der Waals surface area contributed by atoms with Crippen LogP contribution in [0.3, 0.4) is 0 Å². The van der Waals surface area contributed by atoms with Gasteiger partial charge in [0.15, 0.2) is 11.5 Å². The zero-order valence-electron chi connectivity index (χ0n) is 11.3. The van der Waals surface area contributed by atoms with Gasteiger partial charge in [0.05, 0.1) is 10.6 Å². The Morgan fingerprint density at radius 3 is 2.81 bits per heavy atom. The Labute approximate surface area is 121 Å². The SMILES string of the molecule is Cc1cc(CCNS(=O)(=O)c2ccc3c(c2)OCO3)no1. The molecule has 8 heteroatoms. The number of aryl methyl sites for hydroxylation is 1. The Morgan fingerprint density at radius 2 is 2.05 bits per heavy atom. The third-order valence-corrected chi connectivity index (χ3v) is 4.46. The van der Waals surface area contributed by atoms with Crippen LogP contribution in [0.1, 0.15) is 11.5 Å². The highest BCUT2D eigenvalue weighted by molar-refractivity contribution is 7.89. The molecular weight excluding hydrogens is 296 g/mol. The van der Waals surface area contributed by atoms with E-state index in [-0.39, 0.29) is 18.2 Å². The number of hydrogen-bond acceptors (Lipinski definition) is 6. The molecule has 7 nitrogen and oxygen atoms in total. The molecule has 0 amide bonds.